The lowest BCUT2D eigenvalue weighted by molar-refractivity contribution is 0.0737. The Labute approximate surface area is 105 Å². The highest BCUT2D eigenvalue weighted by Crippen LogP contribution is 2.36. The summed E-state index contributed by atoms with van der Waals surface area (Å²) in [6, 6.07) is 0.758. The number of nitrogens with one attached hydrogen (secondary N) is 1. The fourth-order valence-corrected chi connectivity index (χ4v) is 2.22. The normalized spacial score (nSPS) is 17.6. The fraction of sp³-hybridized carbons (Fsp3) is 0.583. The van der Waals surface area contributed by atoms with Crippen LogP contribution in [0.15, 0.2) is 6.07 Å². The van der Waals surface area contributed by atoms with Crippen molar-refractivity contribution in [1.29, 1.82) is 0 Å². The number of pyridine rings is 1. The highest BCUT2D eigenvalue weighted by Gasteiger charge is 2.38. The molecule has 0 amide bonds. The molecule has 1 aromatic heterocycles. The van der Waals surface area contributed by atoms with Gasteiger partial charge < -0.3 is 16.0 Å². The van der Waals surface area contributed by atoms with Gasteiger partial charge in [-0.05, 0) is 33.4 Å². The molecular formula is C12H18F2N4. The van der Waals surface area contributed by atoms with Crippen LogP contribution in [0.5, 0.6) is 0 Å². The van der Waals surface area contributed by atoms with Crippen molar-refractivity contribution >= 4 is 11.6 Å². The van der Waals surface area contributed by atoms with Gasteiger partial charge in [0.25, 0.3) is 0 Å². The Morgan fingerprint density at radius 1 is 1.39 bits per heavy atom. The minimum atomic E-state index is -0.830. The van der Waals surface area contributed by atoms with Gasteiger partial charge in [-0.2, -0.15) is 0 Å². The molecule has 0 unspecified atom stereocenters. The molecule has 100 valence electrons. The molecule has 1 heterocycles. The van der Waals surface area contributed by atoms with E-state index in [1.165, 1.54) is 6.42 Å². The average Bonchev–Trinajstić information content (AvgIpc) is 2.23. The first-order valence-electron chi connectivity index (χ1n) is 5.97. The molecule has 1 aliphatic rings. The van der Waals surface area contributed by atoms with E-state index < -0.39 is 11.6 Å². The maximum absolute atomic E-state index is 13.5. The van der Waals surface area contributed by atoms with Crippen molar-refractivity contribution in [3.63, 3.8) is 0 Å². The quantitative estimate of drug-likeness (QED) is 0.863. The van der Waals surface area contributed by atoms with Gasteiger partial charge in [0.2, 0.25) is 0 Å². The number of anilines is 2. The third-order valence-electron chi connectivity index (χ3n) is 3.77. The molecule has 1 fully saturated rings. The first-order chi connectivity index (χ1) is 8.44. The van der Waals surface area contributed by atoms with E-state index in [0.29, 0.717) is 6.54 Å². The highest BCUT2D eigenvalue weighted by molar-refractivity contribution is 5.45. The van der Waals surface area contributed by atoms with Crippen LogP contribution in [-0.2, 0) is 0 Å². The maximum atomic E-state index is 13.5. The topological polar surface area (TPSA) is 54.2 Å². The number of hydrogen-bond donors (Lipinski definition) is 2. The van der Waals surface area contributed by atoms with E-state index in [4.69, 9.17) is 5.73 Å². The zero-order valence-electron chi connectivity index (χ0n) is 10.6. The third kappa shape index (κ3) is 2.25. The van der Waals surface area contributed by atoms with Crippen molar-refractivity contribution in [3.8, 4) is 0 Å². The van der Waals surface area contributed by atoms with Gasteiger partial charge in [0.05, 0.1) is 0 Å². The monoisotopic (exact) mass is 256 g/mol. The van der Waals surface area contributed by atoms with Crippen LogP contribution in [0.1, 0.15) is 19.3 Å². The zero-order valence-corrected chi connectivity index (χ0v) is 10.6. The minimum absolute atomic E-state index is 0.0158. The molecule has 2 rings (SSSR count). The first kappa shape index (κ1) is 13.0. The summed E-state index contributed by atoms with van der Waals surface area (Å²) in [5, 5.41) is 2.93. The lowest BCUT2D eigenvalue weighted by atomic mass is 9.75. The van der Waals surface area contributed by atoms with Crippen molar-refractivity contribution in [2.24, 2.45) is 0 Å². The number of rotatable bonds is 4. The van der Waals surface area contributed by atoms with E-state index in [2.05, 4.69) is 15.2 Å². The van der Waals surface area contributed by atoms with Crippen molar-refractivity contribution < 1.29 is 8.78 Å². The molecule has 0 bridgehead atoms. The van der Waals surface area contributed by atoms with Crippen LogP contribution in [0.4, 0.5) is 20.4 Å². The fourth-order valence-electron chi connectivity index (χ4n) is 2.22. The molecule has 0 saturated heterocycles. The molecule has 0 radical (unpaired) electrons. The Hall–Kier alpha value is -1.43. The van der Waals surface area contributed by atoms with E-state index in [1.54, 1.807) is 0 Å². The van der Waals surface area contributed by atoms with Crippen LogP contribution in [-0.4, -0.2) is 36.1 Å². The van der Waals surface area contributed by atoms with E-state index in [0.717, 1.165) is 18.9 Å². The second-order valence-electron chi connectivity index (χ2n) is 5.01. The predicted molar refractivity (Wildman–Crippen MR) is 67.3 cm³/mol. The molecule has 18 heavy (non-hydrogen) atoms. The Balaban J connectivity index is 2.08. The van der Waals surface area contributed by atoms with Crippen LogP contribution < -0.4 is 11.1 Å². The van der Waals surface area contributed by atoms with Crippen LogP contribution in [0.3, 0.4) is 0 Å². The molecule has 6 heteroatoms. The van der Waals surface area contributed by atoms with Crippen molar-refractivity contribution in [1.82, 2.24) is 9.88 Å². The number of aromatic nitrogens is 1. The molecule has 3 N–H and O–H groups in total. The largest absolute Gasteiger partial charge is 0.381 e. The molecule has 0 spiro atoms. The average molecular weight is 256 g/mol. The van der Waals surface area contributed by atoms with Gasteiger partial charge in [-0.1, -0.05) is 0 Å². The molecule has 1 aliphatic carbocycles. The summed E-state index contributed by atoms with van der Waals surface area (Å²) in [4.78, 5) is 5.82. The van der Waals surface area contributed by atoms with Crippen molar-refractivity contribution in [3.05, 3.63) is 17.7 Å². The summed E-state index contributed by atoms with van der Waals surface area (Å²) in [5.41, 5.74) is 5.37. The van der Waals surface area contributed by atoms with Crippen LogP contribution in [0, 0.1) is 11.6 Å². The summed E-state index contributed by atoms with van der Waals surface area (Å²) >= 11 is 0. The van der Waals surface area contributed by atoms with Gasteiger partial charge in [-0.25, -0.2) is 13.8 Å². The molecule has 1 saturated carbocycles. The molecular weight excluding hydrogens is 238 g/mol. The van der Waals surface area contributed by atoms with Gasteiger partial charge in [0, 0.05) is 18.2 Å². The van der Waals surface area contributed by atoms with E-state index in [9.17, 15) is 8.78 Å². The Bertz CT molecular complexity index is 444. The first-order valence-corrected chi connectivity index (χ1v) is 5.97. The third-order valence-corrected chi connectivity index (χ3v) is 3.77. The van der Waals surface area contributed by atoms with Crippen molar-refractivity contribution in [2.75, 3.05) is 31.7 Å². The molecule has 1 aromatic rings. The van der Waals surface area contributed by atoms with Gasteiger partial charge in [-0.3, -0.25) is 0 Å². The van der Waals surface area contributed by atoms with E-state index in [-0.39, 0.29) is 17.2 Å². The Morgan fingerprint density at radius 2 is 2.06 bits per heavy atom. The van der Waals surface area contributed by atoms with E-state index in [1.807, 2.05) is 14.1 Å². The van der Waals surface area contributed by atoms with Crippen molar-refractivity contribution in [2.45, 2.75) is 24.8 Å². The SMILES string of the molecule is CN(C)C1(CNc2nc(N)c(F)cc2F)CCC1. The van der Waals surface area contributed by atoms with Crippen LogP contribution in [0.2, 0.25) is 0 Å². The molecule has 0 aliphatic heterocycles. The summed E-state index contributed by atoms with van der Waals surface area (Å²) in [7, 11) is 4.01. The molecule has 0 aromatic carbocycles. The lowest BCUT2D eigenvalue weighted by Crippen LogP contribution is -2.54. The summed E-state index contributed by atoms with van der Waals surface area (Å²) in [6.07, 6.45) is 3.29. The second-order valence-corrected chi connectivity index (χ2v) is 5.01. The Morgan fingerprint density at radius 3 is 2.56 bits per heavy atom. The number of nitrogens with zero attached hydrogens (tertiary/aromatic N) is 2. The van der Waals surface area contributed by atoms with Crippen LogP contribution >= 0.6 is 0 Å². The van der Waals surface area contributed by atoms with E-state index >= 15 is 0 Å². The predicted octanol–water partition coefficient (Wildman–Crippen LogP) is 1.84. The summed E-state index contributed by atoms with van der Waals surface area (Å²) < 4.78 is 26.5. The minimum Gasteiger partial charge on any atom is -0.381 e. The molecule has 0 atom stereocenters. The number of nitrogens with two attached hydrogens (primary N) is 1. The van der Waals surface area contributed by atoms with Gasteiger partial charge >= 0.3 is 0 Å². The van der Waals surface area contributed by atoms with Gasteiger partial charge in [0.15, 0.2) is 23.3 Å². The lowest BCUT2D eigenvalue weighted by Gasteiger charge is -2.47. The second kappa shape index (κ2) is 4.68. The Kier molecular flexibility index (Phi) is 3.38. The van der Waals surface area contributed by atoms with Gasteiger partial charge in [-0.15, -0.1) is 0 Å². The number of hydrogen-bond acceptors (Lipinski definition) is 4. The number of nitrogen functional groups attached to an aromatic ring is 1. The summed E-state index contributed by atoms with van der Waals surface area (Å²) in [6.45, 7) is 0.578. The standard InChI is InChI=1S/C12H18F2N4/c1-18(2)12(4-3-5-12)7-16-11-9(14)6-8(13)10(15)17-11/h6H,3-5,7H2,1-2H3,(H3,15,16,17). The number of halogens is 2. The zero-order chi connectivity index (χ0) is 13.3. The highest BCUT2D eigenvalue weighted by atomic mass is 19.1. The maximum Gasteiger partial charge on any atom is 0.168 e. The van der Waals surface area contributed by atoms with Gasteiger partial charge in [0.1, 0.15) is 0 Å². The smallest absolute Gasteiger partial charge is 0.168 e. The molecule has 4 nitrogen and oxygen atoms in total. The summed E-state index contributed by atoms with van der Waals surface area (Å²) in [5.74, 6) is -1.81. The number of likely N-dealkylation sites (N-methyl/N-ethyl adjacent to an activating group) is 1. The van der Waals surface area contributed by atoms with Crippen LogP contribution in [0.25, 0.3) is 0 Å².